The first-order valence-electron chi connectivity index (χ1n) is 7.79. The van der Waals surface area contributed by atoms with Crippen molar-refractivity contribution in [3.8, 4) is 0 Å². The normalized spacial score (nSPS) is 13.1. The maximum Gasteiger partial charge on any atom is 0.264 e. The molecule has 132 valence electrons. The summed E-state index contributed by atoms with van der Waals surface area (Å²) in [5.41, 5.74) is 0.747. The van der Waals surface area contributed by atoms with Gasteiger partial charge in [-0.15, -0.1) is 0 Å². The van der Waals surface area contributed by atoms with Gasteiger partial charge in [0.15, 0.2) is 0 Å². The Hall–Kier alpha value is -0.790. The average Bonchev–Trinajstić information content (AvgIpc) is 2.72. The summed E-state index contributed by atoms with van der Waals surface area (Å²) in [6.07, 6.45) is 6.81. The Bertz CT molecular complexity index is 613. The SMILES string of the molecule is Cc1oc(C=CCCCSC(C)(C)C)nc1CCCS(=O)(=O)O. The van der Waals surface area contributed by atoms with Crippen LogP contribution < -0.4 is 0 Å². The van der Waals surface area contributed by atoms with E-state index < -0.39 is 10.1 Å². The fourth-order valence-corrected chi connectivity index (χ4v) is 3.37. The van der Waals surface area contributed by atoms with Gasteiger partial charge in [-0.1, -0.05) is 26.8 Å². The Morgan fingerprint density at radius 1 is 1.30 bits per heavy atom. The van der Waals surface area contributed by atoms with E-state index in [9.17, 15) is 8.42 Å². The summed E-state index contributed by atoms with van der Waals surface area (Å²) in [6, 6.07) is 0. The number of aromatic nitrogens is 1. The van der Waals surface area contributed by atoms with E-state index in [1.165, 1.54) is 0 Å². The van der Waals surface area contributed by atoms with E-state index in [0.29, 0.717) is 29.2 Å². The van der Waals surface area contributed by atoms with Gasteiger partial charge < -0.3 is 4.42 Å². The topological polar surface area (TPSA) is 80.4 Å². The molecule has 0 amide bonds. The van der Waals surface area contributed by atoms with Crippen molar-refractivity contribution in [1.82, 2.24) is 4.98 Å². The fraction of sp³-hybridized carbons (Fsp3) is 0.688. The number of thioether (sulfide) groups is 1. The van der Waals surface area contributed by atoms with E-state index in [4.69, 9.17) is 8.97 Å². The van der Waals surface area contributed by atoms with Crippen LogP contribution in [0.4, 0.5) is 0 Å². The highest BCUT2D eigenvalue weighted by Gasteiger charge is 2.11. The van der Waals surface area contributed by atoms with Crippen molar-refractivity contribution in [2.24, 2.45) is 0 Å². The lowest BCUT2D eigenvalue weighted by Crippen LogP contribution is -2.07. The second kappa shape index (κ2) is 8.89. The molecule has 0 unspecified atom stereocenters. The molecule has 1 heterocycles. The summed E-state index contributed by atoms with van der Waals surface area (Å²) >= 11 is 1.95. The van der Waals surface area contributed by atoms with Crippen molar-refractivity contribution >= 4 is 28.0 Å². The Morgan fingerprint density at radius 3 is 2.61 bits per heavy atom. The molecule has 0 spiro atoms. The van der Waals surface area contributed by atoms with Crippen LogP contribution in [0.3, 0.4) is 0 Å². The molecule has 0 fully saturated rings. The second-order valence-corrected chi connectivity index (χ2v) is 9.94. The molecule has 1 rings (SSSR count). The molecule has 1 aromatic heterocycles. The van der Waals surface area contributed by atoms with E-state index in [1.54, 1.807) is 0 Å². The summed E-state index contributed by atoms with van der Waals surface area (Å²) in [5, 5.41) is 0. The van der Waals surface area contributed by atoms with Gasteiger partial charge in [0, 0.05) is 4.75 Å². The first-order valence-corrected chi connectivity index (χ1v) is 10.4. The average molecular weight is 362 g/mol. The molecule has 0 saturated heterocycles. The number of hydrogen-bond donors (Lipinski definition) is 1. The first-order chi connectivity index (χ1) is 10.6. The quantitative estimate of drug-likeness (QED) is 0.526. The molecule has 0 atom stereocenters. The van der Waals surface area contributed by atoms with Gasteiger partial charge in [0.25, 0.3) is 10.1 Å². The van der Waals surface area contributed by atoms with Gasteiger partial charge in [-0.25, -0.2) is 4.98 Å². The standard InChI is InChI=1S/C16H27NO4S2/c1-13-14(9-8-12-23(18,19)20)17-15(21-13)10-6-5-7-11-22-16(2,3)4/h6,10H,5,7-9,11-12H2,1-4H3,(H,18,19,20). The van der Waals surface area contributed by atoms with Crippen LogP contribution in [-0.4, -0.2) is 34.2 Å². The predicted molar refractivity (Wildman–Crippen MR) is 96.5 cm³/mol. The van der Waals surface area contributed by atoms with Gasteiger partial charge in [-0.3, -0.25) is 4.55 Å². The fourth-order valence-electron chi connectivity index (χ4n) is 1.94. The first kappa shape index (κ1) is 20.3. The second-order valence-electron chi connectivity index (χ2n) is 6.45. The van der Waals surface area contributed by atoms with Crippen molar-refractivity contribution < 1.29 is 17.4 Å². The van der Waals surface area contributed by atoms with Gasteiger partial charge in [-0.2, -0.15) is 20.2 Å². The Morgan fingerprint density at radius 2 is 2.00 bits per heavy atom. The number of nitrogens with zero attached hydrogens (tertiary/aromatic N) is 1. The van der Waals surface area contributed by atoms with E-state index in [2.05, 4.69) is 31.8 Å². The number of oxazole rings is 1. The molecule has 0 radical (unpaired) electrons. The van der Waals surface area contributed by atoms with Gasteiger partial charge in [0.2, 0.25) is 5.89 Å². The highest BCUT2D eigenvalue weighted by Crippen LogP contribution is 2.24. The number of unbranched alkanes of at least 4 members (excludes halogenated alkanes) is 1. The maximum absolute atomic E-state index is 10.7. The van der Waals surface area contributed by atoms with Crippen LogP contribution in [0.5, 0.6) is 0 Å². The third kappa shape index (κ3) is 9.84. The molecular weight excluding hydrogens is 334 g/mol. The molecular formula is C16H27NO4S2. The number of allylic oxidation sites excluding steroid dienone is 1. The van der Waals surface area contributed by atoms with E-state index in [1.807, 2.05) is 24.8 Å². The Balaban J connectivity index is 2.38. The maximum atomic E-state index is 10.7. The van der Waals surface area contributed by atoms with Crippen LogP contribution in [0.2, 0.25) is 0 Å². The molecule has 7 heteroatoms. The lowest BCUT2D eigenvalue weighted by Gasteiger charge is -2.16. The zero-order valence-corrected chi connectivity index (χ0v) is 16.0. The van der Waals surface area contributed by atoms with Crippen LogP contribution in [0.25, 0.3) is 6.08 Å². The molecule has 0 aromatic carbocycles. The van der Waals surface area contributed by atoms with Crippen molar-refractivity contribution in [3.63, 3.8) is 0 Å². The molecule has 0 bridgehead atoms. The molecule has 23 heavy (non-hydrogen) atoms. The minimum Gasteiger partial charge on any atom is -0.442 e. The van der Waals surface area contributed by atoms with E-state index in [0.717, 1.165) is 24.3 Å². The minimum atomic E-state index is -3.91. The Labute approximate surface area is 143 Å². The molecule has 1 aromatic rings. The lowest BCUT2D eigenvalue weighted by atomic mass is 10.2. The zero-order chi connectivity index (χ0) is 17.5. The van der Waals surface area contributed by atoms with Crippen molar-refractivity contribution in [1.29, 1.82) is 0 Å². The molecule has 0 saturated carbocycles. The van der Waals surface area contributed by atoms with E-state index >= 15 is 0 Å². The number of aryl methyl sites for hydroxylation is 2. The monoisotopic (exact) mass is 361 g/mol. The lowest BCUT2D eigenvalue weighted by molar-refractivity contribution is 0.480. The third-order valence-electron chi connectivity index (χ3n) is 3.04. The predicted octanol–water partition coefficient (Wildman–Crippen LogP) is 4.13. The Kier molecular flexibility index (Phi) is 7.83. The number of rotatable bonds is 9. The molecule has 0 aliphatic rings. The largest absolute Gasteiger partial charge is 0.442 e. The van der Waals surface area contributed by atoms with E-state index in [-0.39, 0.29) is 5.75 Å². The van der Waals surface area contributed by atoms with Crippen molar-refractivity contribution in [3.05, 3.63) is 23.4 Å². The van der Waals surface area contributed by atoms with Gasteiger partial charge in [0.05, 0.1) is 11.4 Å². The van der Waals surface area contributed by atoms with Crippen LogP contribution in [0.15, 0.2) is 10.5 Å². The molecule has 0 aliphatic heterocycles. The summed E-state index contributed by atoms with van der Waals surface area (Å²) in [5.74, 6) is 2.12. The van der Waals surface area contributed by atoms with Crippen molar-refractivity contribution in [2.45, 2.75) is 58.1 Å². The highest BCUT2D eigenvalue weighted by atomic mass is 32.2. The van der Waals surface area contributed by atoms with Crippen LogP contribution in [-0.2, 0) is 16.5 Å². The van der Waals surface area contributed by atoms with Crippen LogP contribution in [0.1, 0.15) is 57.4 Å². The summed E-state index contributed by atoms with van der Waals surface area (Å²) < 4.78 is 36.0. The molecule has 5 nitrogen and oxygen atoms in total. The minimum absolute atomic E-state index is 0.254. The highest BCUT2D eigenvalue weighted by molar-refractivity contribution is 8.00. The van der Waals surface area contributed by atoms with Crippen LogP contribution in [0, 0.1) is 6.92 Å². The van der Waals surface area contributed by atoms with Gasteiger partial charge in [-0.05, 0) is 44.4 Å². The smallest absolute Gasteiger partial charge is 0.264 e. The third-order valence-corrected chi connectivity index (χ3v) is 5.20. The van der Waals surface area contributed by atoms with Gasteiger partial charge in [0.1, 0.15) is 5.76 Å². The molecule has 0 aliphatic carbocycles. The summed E-state index contributed by atoms with van der Waals surface area (Å²) in [6.45, 7) is 8.46. The van der Waals surface area contributed by atoms with Crippen molar-refractivity contribution in [2.75, 3.05) is 11.5 Å². The van der Waals surface area contributed by atoms with Crippen LogP contribution >= 0.6 is 11.8 Å². The summed E-state index contributed by atoms with van der Waals surface area (Å²) in [4.78, 5) is 4.35. The zero-order valence-electron chi connectivity index (χ0n) is 14.3. The summed E-state index contributed by atoms with van der Waals surface area (Å²) in [7, 11) is -3.91. The molecule has 1 N–H and O–H groups in total. The van der Waals surface area contributed by atoms with Gasteiger partial charge >= 0.3 is 0 Å². The number of hydrogen-bond acceptors (Lipinski definition) is 5.